The van der Waals surface area contributed by atoms with E-state index >= 15 is 0 Å². The van der Waals surface area contributed by atoms with Crippen molar-refractivity contribution in [3.63, 3.8) is 0 Å². The predicted molar refractivity (Wildman–Crippen MR) is 54.7 cm³/mol. The van der Waals surface area contributed by atoms with Crippen LogP contribution >= 0.6 is 0 Å². The lowest BCUT2D eigenvalue weighted by molar-refractivity contribution is -0.688. The second kappa shape index (κ2) is 4.34. The minimum absolute atomic E-state index is 0.693. The minimum atomic E-state index is 0.693. The molecule has 0 amide bonds. The van der Waals surface area contributed by atoms with Gasteiger partial charge in [0.05, 0.1) is 24.0 Å². The highest BCUT2D eigenvalue weighted by Gasteiger charge is 2.00. The quantitative estimate of drug-likeness (QED) is 0.679. The molecule has 2 rings (SSSR count). The number of nitriles is 1. The Balaban J connectivity index is 2.16. The second-order valence-corrected chi connectivity index (χ2v) is 3.23. The van der Waals surface area contributed by atoms with Crippen LogP contribution in [-0.4, -0.2) is 4.98 Å². The summed E-state index contributed by atoms with van der Waals surface area (Å²) in [6.07, 6.45) is 7.34. The van der Waals surface area contributed by atoms with Gasteiger partial charge in [-0.2, -0.15) is 9.83 Å². The summed E-state index contributed by atoms with van der Waals surface area (Å²) in [6.45, 7) is 0.800. The Labute approximate surface area is 88.3 Å². The first-order chi connectivity index (χ1) is 7.38. The zero-order valence-electron chi connectivity index (χ0n) is 8.17. The first-order valence-corrected chi connectivity index (χ1v) is 4.66. The van der Waals surface area contributed by atoms with Gasteiger partial charge >= 0.3 is 0 Å². The van der Waals surface area contributed by atoms with Gasteiger partial charge < -0.3 is 0 Å². The highest BCUT2D eigenvalue weighted by Crippen LogP contribution is 2.02. The van der Waals surface area contributed by atoms with Crippen LogP contribution in [0.4, 0.5) is 0 Å². The van der Waals surface area contributed by atoms with Crippen molar-refractivity contribution in [2.24, 2.45) is 0 Å². The van der Waals surface area contributed by atoms with Crippen LogP contribution in [0.3, 0.4) is 0 Å². The summed E-state index contributed by atoms with van der Waals surface area (Å²) in [5, 5.41) is 8.65. The second-order valence-electron chi connectivity index (χ2n) is 3.23. The maximum absolute atomic E-state index is 8.65. The molecule has 0 unspecified atom stereocenters. The molecule has 0 aliphatic heterocycles. The van der Waals surface area contributed by atoms with Crippen LogP contribution in [0.25, 0.3) is 0 Å². The fourth-order valence-corrected chi connectivity index (χ4v) is 1.35. The van der Waals surface area contributed by atoms with Gasteiger partial charge in [0, 0.05) is 5.56 Å². The summed E-state index contributed by atoms with van der Waals surface area (Å²) in [4.78, 5) is 3.95. The molecular weight excluding hydrogens is 186 g/mol. The van der Waals surface area contributed by atoms with Crippen molar-refractivity contribution in [3.05, 3.63) is 60.2 Å². The number of nitrogens with zero attached hydrogens (tertiary/aromatic N) is 3. The van der Waals surface area contributed by atoms with E-state index in [1.165, 1.54) is 5.56 Å². The van der Waals surface area contributed by atoms with Crippen molar-refractivity contribution < 1.29 is 4.57 Å². The number of hydrogen-bond donors (Lipinski definition) is 0. The Bertz CT molecular complexity index is 468. The van der Waals surface area contributed by atoms with E-state index in [-0.39, 0.29) is 0 Å². The smallest absolute Gasteiger partial charge is 0.187 e. The Hall–Kier alpha value is -2.21. The average molecular weight is 196 g/mol. The van der Waals surface area contributed by atoms with Crippen LogP contribution in [0.1, 0.15) is 11.1 Å². The first-order valence-electron chi connectivity index (χ1n) is 4.66. The molecule has 0 aliphatic carbocycles. The highest BCUT2D eigenvalue weighted by molar-refractivity contribution is 5.31. The molecule has 0 saturated carbocycles. The van der Waals surface area contributed by atoms with E-state index in [1.54, 1.807) is 12.4 Å². The molecule has 15 heavy (non-hydrogen) atoms. The number of rotatable bonds is 2. The molecule has 0 aliphatic rings. The molecule has 0 radical (unpaired) electrons. The lowest BCUT2D eigenvalue weighted by Gasteiger charge is -1.96. The van der Waals surface area contributed by atoms with Crippen LogP contribution in [0.15, 0.2) is 49.1 Å². The summed E-state index contributed by atoms with van der Waals surface area (Å²) in [5.74, 6) is 0. The maximum atomic E-state index is 8.65. The van der Waals surface area contributed by atoms with Gasteiger partial charge in [-0.25, -0.2) is 0 Å². The van der Waals surface area contributed by atoms with Crippen molar-refractivity contribution in [2.45, 2.75) is 6.54 Å². The van der Waals surface area contributed by atoms with Gasteiger partial charge in [0.25, 0.3) is 0 Å². The Morgan fingerprint density at radius 3 is 2.40 bits per heavy atom. The molecule has 0 spiro atoms. The topological polar surface area (TPSA) is 40.6 Å². The van der Waals surface area contributed by atoms with Crippen molar-refractivity contribution >= 4 is 0 Å². The number of aromatic nitrogens is 2. The molecule has 1 aromatic heterocycles. The SMILES string of the molecule is N#Cc1ccc(C[n+]2ccncc2)cc1. The van der Waals surface area contributed by atoms with E-state index < -0.39 is 0 Å². The largest absolute Gasteiger partial charge is 0.252 e. The van der Waals surface area contributed by atoms with Crippen molar-refractivity contribution in [1.29, 1.82) is 5.26 Å². The Kier molecular flexibility index (Phi) is 2.70. The van der Waals surface area contributed by atoms with Gasteiger partial charge in [-0.05, 0) is 12.1 Å². The van der Waals surface area contributed by atoms with Crippen molar-refractivity contribution in [3.8, 4) is 6.07 Å². The lowest BCUT2D eigenvalue weighted by atomic mass is 10.1. The molecule has 72 valence electrons. The lowest BCUT2D eigenvalue weighted by Crippen LogP contribution is -2.33. The Morgan fingerprint density at radius 1 is 1.13 bits per heavy atom. The fourth-order valence-electron chi connectivity index (χ4n) is 1.35. The standard InChI is InChI=1S/C12H10N3/c13-9-11-1-3-12(4-2-11)10-15-7-5-14-6-8-15/h1-8H,10H2/q+1. The van der Waals surface area contributed by atoms with Gasteiger partial charge in [-0.1, -0.05) is 12.1 Å². The zero-order valence-corrected chi connectivity index (χ0v) is 8.17. The summed E-state index contributed by atoms with van der Waals surface area (Å²) < 4.78 is 2.04. The van der Waals surface area contributed by atoms with E-state index in [1.807, 2.05) is 41.2 Å². The molecule has 0 bridgehead atoms. The monoisotopic (exact) mass is 196 g/mol. The molecule has 1 heterocycles. The third-order valence-corrected chi connectivity index (χ3v) is 2.14. The molecule has 0 N–H and O–H groups in total. The fraction of sp³-hybridized carbons (Fsp3) is 0.0833. The number of hydrogen-bond acceptors (Lipinski definition) is 2. The zero-order chi connectivity index (χ0) is 10.5. The minimum Gasteiger partial charge on any atom is -0.252 e. The molecule has 3 heteroatoms. The molecule has 2 aromatic rings. The van der Waals surface area contributed by atoms with Crippen LogP contribution in [-0.2, 0) is 6.54 Å². The van der Waals surface area contributed by atoms with Crippen molar-refractivity contribution in [1.82, 2.24) is 4.98 Å². The molecule has 0 fully saturated rings. The first kappa shape index (κ1) is 9.35. The molecule has 0 atom stereocenters. The van der Waals surface area contributed by atoms with E-state index in [0.29, 0.717) is 5.56 Å². The molecular formula is C12H10N3+. The summed E-state index contributed by atoms with van der Waals surface area (Å²) in [5.41, 5.74) is 1.86. The van der Waals surface area contributed by atoms with Gasteiger partial charge in [-0.3, -0.25) is 4.98 Å². The van der Waals surface area contributed by atoms with Crippen molar-refractivity contribution in [2.75, 3.05) is 0 Å². The molecule has 3 nitrogen and oxygen atoms in total. The van der Waals surface area contributed by atoms with Crippen LogP contribution in [0, 0.1) is 11.3 Å². The van der Waals surface area contributed by atoms with E-state index in [0.717, 1.165) is 6.54 Å². The van der Waals surface area contributed by atoms with Gasteiger partial charge in [0.1, 0.15) is 0 Å². The maximum Gasteiger partial charge on any atom is 0.187 e. The van der Waals surface area contributed by atoms with E-state index in [9.17, 15) is 0 Å². The molecule has 0 saturated heterocycles. The summed E-state index contributed by atoms with van der Waals surface area (Å²) >= 11 is 0. The van der Waals surface area contributed by atoms with Crippen LogP contribution in [0.2, 0.25) is 0 Å². The van der Waals surface area contributed by atoms with Crippen LogP contribution < -0.4 is 4.57 Å². The third kappa shape index (κ3) is 2.38. The van der Waals surface area contributed by atoms with E-state index in [2.05, 4.69) is 11.1 Å². The van der Waals surface area contributed by atoms with Gasteiger partial charge in [-0.15, -0.1) is 0 Å². The van der Waals surface area contributed by atoms with E-state index in [4.69, 9.17) is 5.26 Å². The molecule has 1 aromatic carbocycles. The third-order valence-electron chi connectivity index (χ3n) is 2.14. The summed E-state index contributed by atoms with van der Waals surface area (Å²) in [6, 6.07) is 9.69. The predicted octanol–water partition coefficient (Wildman–Crippen LogP) is 1.29. The Morgan fingerprint density at radius 2 is 1.80 bits per heavy atom. The van der Waals surface area contributed by atoms with Gasteiger partial charge in [0.15, 0.2) is 18.9 Å². The normalized spacial score (nSPS) is 9.53. The van der Waals surface area contributed by atoms with Gasteiger partial charge in [0.2, 0.25) is 0 Å². The summed E-state index contributed by atoms with van der Waals surface area (Å²) in [7, 11) is 0. The highest BCUT2D eigenvalue weighted by atomic mass is 14.9. The van der Waals surface area contributed by atoms with Crippen LogP contribution in [0.5, 0.6) is 0 Å². The number of benzene rings is 1. The average Bonchev–Trinajstić information content (AvgIpc) is 2.31.